The van der Waals surface area contributed by atoms with Gasteiger partial charge in [0.1, 0.15) is 24.2 Å². The molecule has 0 aliphatic heterocycles. The van der Waals surface area contributed by atoms with Crippen LogP contribution in [0.5, 0.6) is 0 Å². The highest BCUT2D eigenvalue weighted by Crippen LogP contribution is 2.19. The summed E-state index contributed by atoms with van der Waals surface area (Å²) in [4.78, 5) is 52.3. The third-order valence-corrected chi connectivity index (χ3v) is 5.41. The SMILES string of the molecule is CC(O)C(N)C(=O)NC(Cc1c[nH]c2ccccc12)C(=O)NC(C(=O)NC(CO)C(=O)O)C(C)O. The smallest absolute Gasteiger partial charge is 0.328 e. The van der Waals surface area contributed by atoms with Gasteiger partial charge in [-0.25, -0.2) is 4.79 Å². The number of fused-ring (bicyclic) bond motifs is 1. The second kappa shape index (κ2) is 12.3. The summed E-state index contributed by atoms with van der Waals surface area (Å²) in [6.45, 7) is 1.61. The number of H-pyrrole nitrogens is 1. The van der Waals surface area contributed by atoms with Gasteiger partial charge in [-0.15, -0.1) is 0 Å². The van der Waals surface area contributed by atoms with E-state index in [2.05, 4.69) is 15.6 Å². The summed E-state index contributed by atoms with van der Waals surface area (Å²) in [5.74, 6) is -4.23. The fourth-order valence-corrected chi connectivity index (χ4v) is 3.32. The molecule has 13 nitrogen and oxygen atoms in total. The zero-order chi connectivity index (χ0) is 26.3. The zero-order valence-corrected chi connectivity index (χ0v) is 19.3. The minimum absolute atomic E-state index is 0.0311. The third-order valence-electron chi connectivity index (χ3n) is 5.41. The van der Waals surface area contributed by atoms with Crippen LogP contribution in [0, 0.1) is 0 Å². The quantitative estimate of drug-likeness (QED) is 0.150. The highest BCUT2D eigenvalue weighted by atomic mass is 16.4. The topological polar surface area (TPSA) is 227 Å². The second-order valence-electron chi connectivity index (χ2n) is 8.20. The second-order valence-corrected chi connectivity index (χ2v) is 8.20. The molecule has 0 aliphatic carbocycles. The number of carbonyl (C=O) groups excluding carboxylic acids is 3. The number of carboxylic acid groups (broad SMARTS) is 1. The van der Waals surface area contributed by atoms with Gasteiger partial charge in [0.2, 0.25) is 17.7 Å². The number of hydrogen-bond acceptors (Lipinski definition) is 8. The first-order chi connectivity index (χ1) is 16.5. The fourth-order valence-electron chi connectivity index (χ4n) is 3.32. The molecular weight excluding hydrogens is 462 g/mol. The lowest BCUT2D eigenvalue weighted by atomic mass is 10.0. The van der Waals surface area contributed by atoms with E-state index >= 15 is 0 Å². The number of aliphatic carboxylic acids is 1. The van der Waals surface area contributed by atoms with Crippen LogP contribution in [0.2, 0.25) is 0 Å². The lowest BCUT2D eigenvalue weighted by Crippen LogP contribution is -2.61. The standard InChI is InChI=1S/C22H31N5O8/c1-10(29)17(23)20(32)25-15(7-12-8-24-14-6-4-3-5-13(12)14)19(31)27-18(11(2)30)21(33)26-16(9-28)22(34)35/h3-6,8,10-11,15-18,24,28-30H,7,9,23H2,1-2H3,(H,25,32)(H,26,33)(H,27,31)(H,34,35). The molecule has 0 saturated carbocycles. The van der Waals surface area contributed by atoms with E-state index in [9.17, 15) is 29.4 Å². The number of para-hydroxylation sites is 1. The Morgan fingerprint density at radius 3 is 2.14 bits per heavy atom. The number of benzene rings is 1. The lowest BCUT2D eigenvalue weighted by Gasteiger charge is -2.26. The van der Waals surface area contributed by atoms with Gasteiger partial charge >= 0.3 is 5.97 Å². The number of carboxylic acids is 1. The minimum Gasteiger partial charge on any atom is -0.480 e. The molecule has 10 N–H and O–H groups in total. The van der Waals surface area contributed by atoms with E-state index in [1.807, 2.05) is 23.5 Å². The van der Waals surface area contributed by atoms with E-state index in [1.54, 1.807) is 12.3 Å². The predicted molar refractivity (Wildman–Crippen MR) is 124 cm³/mol. The van der Waals surface area contributed by atoms with Crippen LogP contribution in [-0.2, 0) is 25.6 Å². The first kappa shape index (κ1) is 27.7. The molecule has 35 heavy (non-hydrogen) atoms. The predicted octanol–water partition coefficient (Wildman–Crippen LogP) is -2.67. The summed E-state index contributed by atoms with van der Waals surface area (Å²) in [6, 6.07) is 1.41. The number of amides is 3. The van der Waals surface area contributed by atoms with Crippen molar-refractivity contribution in [3.63, 3.8) is 0 Å². The molecule has 0 saturated heterocycles. The molecule has 0 bridgehead atoms. The third kappa shape index (κ3) is 7.23. The van der Waals surface area contributed by atoms with Gasteiger partial charge in [-0.05, 0) is 25.5 Å². The van der Waals surface area contributed by atoms with Crippen LogP contribution in [0.4, 0.5) is 0 Å². The minimum atomic E-state index is -1.65. The van der Waals surface area contributed by atoms with Crippen molar-refractivity contribution in [2.75, 3.05) is 6.61 Å². The van der Waals surface area contributed by atoms with Crippen LogP contribution in [0.1, 0.15) is 19.4 Å². The van der Waals surface area contributed by atoms with Gasteiger partial charge in [0.15, 0.2) is 0 Å². The van der Waals surface area contributed by atoms with Crippen molar-refractivity contribution >= 4 is 34.6 Å². The normalized spacial score (nSPS) is 16.4. The molecule has 2 rings (SSSR count). The molecule has 0 radical (unpaired) electrons. The van der Waals surface area contributed by atoms with E-state index in [0.717, 1.165) is 10.9 Å². The Labute approximate surface area is 200 Å². The number of aromatic amines is 1. The van der Waals surface area contributed by atoms with Gasteiger partial charge in [-0.1, -0.05) is 18.2 Å². The van der Waals surface area contributed by atoms with E-state index in [1.165, 1.54) is 13.8 Å². The maximum atomic E-state index is 13.1. The van der Waals surface area contributed by atoms with Crippen LogP contribution in [0.25, 0.3) is 10.9 Å². The van der Waals surface area contributed by atoms with Gasteiger partial charge in [-0.2, -0.15) is 0 Å². The largest absolute Gasteiger partial charge is 0.480 e. The summed E-state index contributed by atoms with van der Waals surface area (Å²) >= 11 is 0. The van der Waals surface area contributed by atoms with Gasteiger partial charge in [0.25, 0.3) is 0 Å². The zero-order valence-electron chi connectivity index (χ0n) is 19.3. The van der Waals surface area contributed by atoms with E-state index < -0.39 is 66.7 Å². The maximum absolute atomic E-state index is 13.1. The van der Waals surface area contributed by atoms with Crippen LogP contribution < -0.4 is 21.7 Å². The lowest BCUT2D eigenvalue weighted by molar-refractivity contribution is -0.144. The van der Waals surface area contributed by atoms with E-state index in [0.29, 0.717) is 5.56 Å². The number of carbonyl (C=O) groups is 4. The first-order valence-electron chi connectivity index (χ1n) is 10.9. The number of aliphatic hydroxyl groups excluding tert-OH is 3. The number of rotatable bonds is 12. The molecule has 2 aromatic rings. The molecular formula is C22H31N5O8. The molecule has 192 valence electrons. The van der Waals surface area contributed by atoms with Crippen molar-refractivity contribution in [1.29, 1.82) is 0 Å². The molecule has 6 atom stereocenters. The monoisotopic (exact) mass is 493 g/mol. The van der Waals surface area contributed by atoms with Crippen LogP contribution in [-0.4, -0.2) is 92.1 Å². The first-order valence-corrected chi connectivity index (χ1v) is 10.9. The van der Waals surface area contributed by atoms with Gasteiger partial charge in [-0.3, -0.25) is 14.4 Å². The van der Waals surface area contributed by atoms with Crippen LogP contribution in [0.3, 0.4) is 0 Å². The van der Waals surface area contributed by atoms with Crippen LogP contribution in [0.15, 0.2) is 30.5 Å². The van der Waals surface area contributed by atoms with Crippen molar-refractivity contribution in [2.24, 2.45) is 5.73 Å². The Morgan fingerprint density at radius 2 is 1.57 bits per heavy atom. The van der Waals surface area contributed by atoms with Crippen molar-refractivity contribution in [3.8, 4) is 0 Å². The maximum Gasteiger partial charge on any atom is 0.328 e. The molecule has 1 aromatic heterocycles. The van der Waals surface area contributed by atoms with Crippen molar-refractivity contribution in [1.82, 2.24) is 20.9 Å². The number of aliphatic hydroxyl groups is 3. The van der Waals surface area contributed by atoms with Crippen LogP contribution >= 0.6 is 0 Å². The number of nitrogens with one attached hydrogen (secondary N) is 4. The molecule has 3 amide bonds. The van der Waals surface area contributed by atoms with Gasteiger partial charge in [0.05, 0.1) is 18.8 Å². The van der Waals surface area contributed by atoms with Crippen molar-refractivity contribution in [2.45, 2.75) is 56.6 Å². The average molecular weight is 494 g/mol. The summed E-state index contributed by atoms with van der Waals surface area (Å²) in [6.07, 6.45) is -1.02. The van der Waals surface area contributed by atoms with Crippen molar-refractivity contribution in [3.05, 3.63) is 36.0 Å². The number of nitrogens with two attached hydrogens (primary N) is 1. The van der Waals surface area contributed by atoms with E-state index in [4.69, 9.17) is 15.9 Å². The molecule has 0 aliphatic rings. The Morgan fingerprint density at radius 1 is 0.943 bits per heavy atom. The summed E-state index contributed by atoms with van der Waals surface area (Å²) < 4.78 is 0. The molecule has 13 heteroatoms. The molecule has 1 aromatic carbocycles. The highest BCUT2D eigenvalue weighted by molar-refractivity contribution is 5.95. The molecule has 0 spiro atoms. The number of hydrogen-bond donors (Lipinski definition) is 9. The van der Waals surface area contributed by atoms with Gasteiger partial charge < -0.3 is 47.1 Å². The summed E-state index contributed by atoms with van der Waals surface area (Å²) in [5, 5.41) is 45.4. The highest BCUT2D eigenvalue weighted by Gasteiger charge is 2.33. The Hall–Kier alpha value is -3.52. The Bertz CT molecular complexity index is 1050. The Balaban J connectivity index is 2.29. The number of aromatic nitrogens is 1. The van der Waals surface area contributed by atoms with Crippen molar-refractivity contribution < 1.29 is 39.6 Å². The molecule has 1 heterocycles. The summed E-state index contributed by atoms with van der Waals surface area (Å²) in [7, 11) is 0. The molecule has 6 unspecified atom stereocenters. The van der Waals surface area contributed by atoms with E-state index in [-0.39, 0.29) is 6.42 Å². The molecule has 0 fully saturated rings. The average Bonchev–Trinajstić information content (AvgIpc) is 3.21. The van der Waals surface area contributed by atoms with Gasteiger partial charge in [0, 0.05) is 23.5 Å². The summed E-state index contributed by atoms with van der Waals surface area (Å²) in [5.41, 5.74) is 7.14. The Kier molecular flexibility index (Phi) is 9.71. The fraction of sp³-hybridized carbons (Fsp3) is 0.455.